The van der Waals surface area contributed by atoms with Crippen LogP contribution in [0.4, 0.5) is 4.39 Å². The van der Waals surface area contributed by atoms with Crippen molar-refractivity contribution in [2.75, 3.05) is 12.4 Å². The lowest BCUT2D eigenvalue weighted by atomic mass is 10.0. The molecule has 3 aromatic rings. The molecule has 0 aliphatic carbocycles. The summed E-state index contributed by atoms with van der Waals surface area (Å²) in [5, 5.41) is 13.2. The maximum atomic E-state index is 13.1. The van der Waals surface area contributed by atoms with Crippen LogP contribution in [0, 0.1) is 5.82 Å². The Morgan fingerprint density at radius 1 is 1.28 bits per heavy atom. The fourth-order valence-electron chi connectivity index (χ4n) is 3.22. The first-order chi connectivity index (χ1) is 13.9. The monoisotopic (exact) mass is 418 g/mol. The van der Waals surface area contributed by atoms with E-state index in [4.69, 9.17) is 0 Å². The van der Waals surface area contributed by atoms with Crippen LogP contribution >= 0.6 is 0 Å². The van der Waals surface area contributed by atoms with Crippen molar-refractivity contribution < 1.29 is 18.3 Å². The molecule has 7 nitrogen and oxygen atoms in total. The Morgan fingerprint density at radius 3 is 2.66 bits per heavy atom. The fourth-order valence-corrected chi connectivity index (χ4v) is 3.53. The van der Waals surface area contributed by atoms with E-state index in [-0.39, 0.29) is 41.7 Å². The van der Waals surface area contributed by atoms with Gasteiger partial charge >= 0.3 is 0 Å². The molecule has 0 radical (unpaired) electrons. The standard InChI is InChI=1S/C20H22FN3O4S/c1-2-16-19(25)18-17(24(20(16)26)8-7-22-12-29(27)28)10-14(11-23-18)9-13-3-5-15(21)6-4-13/h3-6,10-11,22,25H,2,7-9,12H2,1H3,(H,27,28)/p-1. The second-order valence-corrected chi connectivity index (χ2v) is 7.50. The zero-order valence-corrected chi connectivity index (χ0v) is 16.7. The molecule has 0 bridgehead atoms. The fraction of sp³-hybridized carbons (Fsp3) is 0.300. The maximum absolute atomic E-state index is 13.1. The Bertz CT molecular complexity index is 1100. The number of pyridine rings is 2. The van der Waals surface area contributed by atoms with E-state index in [1.54, 1.807) is 31.3 Å². The van der Waals surface area contributed by atoms with E-state index in [1.807, 2.05) is 0 Å². The van der Waals surface area contributed by atoms with E-state index < -0.39 is 11.1 Å². The van der Waals surface area contributed by atoms with Gasteiger partial charge in [0.15, 0.2) is 5.75 Å². The van der Waals surface area contributed by atoms with E-state index in [1.165, 1.54) is 16.7 Å². The van der Waals surface area contributed by atoms with Crippen LogP contribution < -0.4 is 10.9 Å². The van der Waals surface area contributed by atoms with Crippen LogP contribution in [0.1, 0.15) is 23.6 Å². The van der Waals surface area contributed by atoms with Gasteiger partial charge in [-0.05, 0) is 53.2 Å². The molecule has 2 heterocycles. The number of nitrogens with one attached hydrogen (secondary N) is 1. The highest BCUT2D eigenvalue weighted by Gasteiger charge is 2.16. The highest BCUT2D eigenvalue weighted by molar-refractivity contribution is 7.79. The lowest BCUT2D eigenvalue weighted by Gasteiger charge is -2.15. The zero-order valence-electron chi connectivity index (χ0n) is 15.9. The number of fused-ring (bicyclic) bond motifs is 1. The van der Waals surface area contributed by atoms with Gasteiger partial charge in [0.1, 0.15) is 11.3 Å². The number of rotatable bonds is 8. The van der Waals surface area contributed by atoms with Crippen LogP contribution in [0.15, 0.2) is 41.3 Å². The molecule has 0 saturated heterocycles. The minimum absolute atomic E-state index is 0.134. The normalized spacial score (nSPS) is 12.4. The van der Waals surface area contributed by atoms with E-state index >= 15 is 0 Å². The summed E-state index contributed by atoms with van der Waals surface area (Å²) < 4.78 is 36.0. The van der Waals surface area contributed by atoms with E-state index in [0.717, 1.165) is 11.1 Å². The van der Waals surface area contributed by atoms with Crippen molar-refractivity contribution in [1.82, 2.24) is 14.9 Å². The van der Waals surface area contributed by atoms with Gasteiger partial charge in [0.25, 0.3) is 5.56 Å². The highest BCUT2D eigenvalue weighted by Crippen LogP contribution is 2.26. The third kappa shape index (κ3) is 4.87. The summed E-state index contributed by atoms with van der Waals surface area (Å²) >= 11 is -2.22. The Morgan fingerprint density at radius 2 is 2.00 bits per heavy atom. The van der Waals surface area contributed by atoms with Gasteiger partial charge in [-0.15, -0.1) is 0 Å². The second kappa shape index (κ2) is 9.25. The van der Waals surface area contributed by atoms with Crippen molar-refractivity contribution in [3.63, 3.8) is 0 Å². The Hall–Kier alpha value is -2.62. The average molecular weight is 418 g/mol. The van der Waals surface area contributed by atoms with Gasteiger partial charge in [0.2, 0.25) is 0 Å². The zero-order chi connectivity index (χ0) is 21.0. The van der Waals surface area contributed by atoms with Gasteiger partial charge in [-0.3, -0.25) is 14.0 Å². The molecular formula is C20H21FN3O4S-. The first-order valence-corrected chi connectivity index (χ1v) is 10.4. The molecule has 1 aromatic carbocycles. The van der Waals surface area contributed by atoms with Gasteiger partial charge in [-0.1, -0.05) is 19.1 Å². The number of benzene rings is 1. The van der Waals surface area contributed by atoms with Crippen molar-refractivity contribution in [3.8, 4) is 5.75 Å². The molecule has 0 amide bonds. The number of hydrogen-bond acceptors (Lipinski definition) is 6. The summed E-state index contributed by atoms with van der Waals surface area (Å²) in [7, 11) is 0. The quantitative estimate of drug-likeness (QED) is 0.427. The van der Waals surface area contributed by atoms with Crippen molar-refractivity contribution in [1.29, 1.82) is 0 Å². The first-order valence-electron chi connectivity index (χ1n) is 9.15. The van der Waals surface area contributed by atoms with Crippen molar-refractivity contribution in [2.24, 2.45) is 0 Å². The van der Waals surface area contributed by atoms with E-state index in [0.29, 0.717) is 23.9 Å². The molecule has 0 fully saturated rings. The van der Waals surface area contributed by atoms with E-state index in [9.17, 15) is 23.1 Å². The van der Waals surface area contributed by atoms with Crippen LogP contribution in [0.2, 0.25) is 0 Å². The van der Waals surface area contributed by atoms with Gasteiger partial charge in [-0.25, -0.2) is 4.39 Å². The van der Waals surface area contributed by atoms with Crippen molar-refractivity contribution in [2.45, 2.75) is 26.3 Å². The molecule has 2 N–H and O–H groups in total. The molecule has 9 heteroatoms. The second-order valence-electron chi connectivity index (χ2n) is 6.60. The van der Waals surface area contributed by atoms with Crippen molar-refractivity contribution in [3.05, 3.63) is 69.4 Å². The molecule has 0 aliphatic heterocycles. The van der Waals surface area contributed by atoms with Gasteiger partial charge < -0.3 is 19.5 Å². The first kappa shape index (κ1) is 21.1. The summed E-state index contributed by atoms with van der Waals surface area (Å²) in [5.74, 6) is -0.659. The SMILES string of the molecule is CCc1c(O)c2ncc(Cc3ccc(F)cc3)cc2n(CCNCS(=O)[O-])c1=O. The Balaban J connectivity index is 2.01. The predicted octanol–water partition coefficient (Wildman–Crippen LogP) is 1.82. The molecule has 0 aliphatic rings. The largest absolute Gasteiger partial charge is 0.771 e. The minimum atomic E-state index is -2.22. The summed E-state index contributed by atoms with van der Waals surface area (Å²) in [6.45, 7) is 2.26. The smallest absolute Gasteiger partial charge is 0.258 e. The highest BCUT2D eigenvalue weighted by atomic mass is 32.2. The molecule has 0 spiro atoms. The lowest BCUT2D eigenvalue weighted by molar-refractivity contribution is 0.469. The van der Waals surface area contributed by atoms with Crippen LogP contribution in [0.3, 0.4) is 0 Å². The minimum Gasteiger partial charge on any atom is -0.771 e. The maximum Gasteiger partial charge on any atom is 0.258 e. The average Bonchev–Trinajstić information content (AvgIpc) is 2.69. The summed E-state index contributed by atoms with van der Waals surface area (Å²) in [4.78, 5) is 17.2. The number of hydrogen-bond donors (Lipinski definition) is 2. The van der Waals surface area contributed by atoms with Gasteiger partial charge in [-0.2, -0.15) is 0 Å². The molecule has 1 unspecified atom stereocenters. The summed E-state index contributed by atoms with van der Waals surface area (Å²) in [6, 6.07) is 7.89. The summed E-state index contributed by atoms with van der Waals surface area (Å²) in [6.07, 6.45) is 2.46. The number of nitrogens with zero attached hydrogens (tertiary/aromatic N) is 2. The molecule has 1 atom stereocenters. The Labute approximate surface area is 169 Å². The molecule has 0 saturated carbocycles. The van der Waals surface area contributed by atoms with Gasteiger partial charge in [0, 0.05) is 19.3 Å². The number of aromatic nitrogens is 2. The molecule has 29 heavy (non-hydrogen) atoms. The van der Waals surface area contributed by atoms with Crippen LogP contribution in [0.25, 0.3) is 11.0 Å². The van der Waals surface area contributed by atoms with Crippen molar-refractivity contribution >= 4 is 22.1 Å². The topological polar surface area (TPSA) is 107 Å². The Kier molecular flexibility index (Phi) is 6.73. The lowest BCUT2D eigenvalue weighted by Crippen LogP contribution is -2.30. The van der Waals surface area contributed by atoms with Gasteiger partial charge in [0.05, 0.1) is 17.0 Å². The number of aromatic hydroxyl groups is 1. The van der Waals surface area contributed by atoms with Crippen LogP contribution in [-0.4, -0.2) is 35.8 Å². The third-order valence-corrected chi connectivity index (χ3v) is 5.08. The predicted molar refractivity (Wildman–Crippen MR) is 108 cm³/mol. The molecule has 3 rings (SSSR count). The van der Waals surface area contributed by atoms with E-state index in [2.05, 4.69) is 10.3 Å². The number of halogens is 1. The molecule has 2 aromatic heterocycles. The molecular weight excluding hydrogens is 397 g/mol. The van der Waals surface area contributed by atoms with Crippen LogP contribution in [0.5, 0.6) is 5.75 Å². The summed E-state index contributed by atoms with van der Waals surface area (Å²) in [5.41, 5.74) is 2.41. The third-order valence-electron chi connectivity index (χ3n) is 4.64. The van der Waals surface area contributed by atoms with Crippen LogP contribution in [-0.2, 0) is 30.5 Å². The molecule has 154 valence electrons.